The first-order valence-corrected chi connectivity index (χ1v) is 7.78. The lowest BCUT2D eigenvalue weighted by Crippen LogP contribution is -2.14. The maximum Gasteiger partial charge on any atom is 0.252 e. The van der Waals surface area contributed by atoms with Gasteiger partial charge in [-0.1, -0.05) is 42.5 Å². The van der Waals surface area contributed by atoms with Crippen molar-refractivity contribution >= 4 is 5.95 Å². The molecule has 0 fully saturated rings. The van der Waals surface area contributed by atoms with Crippen molar-refractivity contribution in [1.29, 1.82) is 0 Å². The van der Waals surface area contributed by atoms with Crippen LogP contribution in [0.2, 0.25) is 0 Å². The molecule has 3 rings (SSSR count). The Morgan fingerprint density at radius 1 is 1.08 bits per heavy atom. The molecule has 0 spiro atoms. The van der Waals surface area contributed by atoms with Crippen LogP contribution in [0.1, 0.15) is 5.56 Å². The zero-order valence-corrected chi connectivity index (χ0v) is 13.5. The second-order valence-corrected chi connectivity index (χ2v) is 5.37. The normalized spacial score (nSPS) is 10.4. The number of methoxy groups -OCH3 is 1. The monoisotopic (exact) mass is 321 g/mol. The molecule has 0 unspecified atom stereocenters. The second-order valence-electron chi connectivity index (χ2n) is 5.37. The molecule has 5 nitrogen and oxygen atoms in total. The summed E-state index contributed by atoms with van der Waals surface area (Å²) in [5.74, 6) is 1.32. The van der Waals surface area contributed by atoms with Gasteiger partial charge in [0.1, 0.15) is 5.75 Å². The average molecular weight is 321 g/mol. The van der Waals surface area contributed by atoms with Crippen LogP contribution in [-0.2, 0) is 6.42 Å². The van der Waals surface area contributed by atoms with Gasteiger partial charge in [-0.05, 0) is 24.1 Å². The highest BCUT2D eigenvalue weighted by molar-refractivity contribution is 5.59. The Balaban J connectivity index is 1.66. The van der Waals surface area contributed by atoms with Gasteiger partial charge in [0.15, 0.2) is 0 Å². The van der Waals surface area contributed by atoms with Gasteiger partial charge in [0.05, 0.1) is 12.8 Å². The Morgan fingerprint density at radius 2 is 1.83 bits per heavy atom. The third-order valence-electron chi connectivity index (χ3n) is 3.68. The number of nitrogens with one attached hydrogen (secondary N) is 2. The van der Waals surface area contributed by atoms with Gasteiger partial charge >= 0.3 is 0 Å². The summed E-state index contributed by atoms with van der Waals surface area (Å²) in [6.07, 6.45) is 0.823. The summed E-state index contributed by atoms with van der Waals surface area (Å²) in [5, 5.41) is 3.17. The van der Waals surface area contributed by atoms with Crippen molar-refractivity contribution in [1.82, 2.24) is 9.97 Å². The van der Waals surface area contributed by atoms with Crippen LogP contribution in [0, 0.1) is 0 Å². The minimum Gasteiger partial charge on any atom is -0.497 e. The molecular weight excluding hydrogens is 302 g/mol. The third kappa shape index (κ3) is 4.01. The second kappa shape index (κ2) is 7.46. The van der Waals surface area contributed by atoms with Gasteiger partial charge in [0.25, 0.3) is 5.56 Å². The molecule has 0 amide bonds. The van der Waals surface area contributed by atoms with E-state index in [4.69, 9.17) is 4.74 Å². The molecule has 0 bridgehead atoms. The molecule has 24 heavy (non-hydrogen) atoms. The fraction of sp³-hybridized carbons (Fsp3) is 0.158. The fourth-order valence-corrected chi connectivity index (χ4v) is 2.42. The van der Waals surface area contributed by atoms with E-state index in [-0.39, 0.29) is 5.56 Å². The topological polar surface area (TPSA) is 67.0 Å². The first kappa shape index (κ1) is 15.8. The van der Waals surface area contributed by atoms with E-state index >= 15 is 0 Å². The van der Waals surface area contributed by atoms with Gasteiger partial charge in [0.2, 0.25) is 5.95 Å². The highest BCUT2D eigenvalue weighted by Gasteiger charge is 2.03. The number of rotatable bonds is 6. The van der Waals surface area contributed by atoms with Crippen molar-refractivity contribution in [3.63, 3.8) is 0 Å². The first-order valence-electron chi connectivity index (χ1n) is 7.78. The summed E-state index contributed by atoms with van der Waals surface area (Å²) in [4.78, 5) is 19.0. The number of nitrogens with zero attached hydrogens (tertiary/aromatic N) is 1. The summed E-state index contributed by atoms with van der Waals surface area (Å²) in [6, 6.07) is 19.1. The van der Waals surface area contributed by atoms with E-state index in [0.29, 0.717) is 18.2 Å². The quantitative estimate of drug-likeness (QED) is 0.732. The summed E-state index contributed by atoms with van der Waals surface area (Å²) >= 11 is 0. The van der Waals surface area contributed by atoms with E-state index in [1.54, 1.807) is 7.11 Å². The number of aromatic nitrogens is 2. The molecule has 0 radical (unpaired) electrons. The first-order chi connectivity index (χ1) is 11.7. The summed E-state index contributed by atoms with van der Waals surface area (Å²) in [7, 11) is 1.65. The predicted molar refractivity (Wildman–Crippen MR) is 95.5 cm³/mol. The molecule has 0 atom stereocenters. The standard InChI is InChI=1S/C19H19N3O2/c1-24-16-9-7-14(8-10-16)11-12-20-19-21-17(13-18(23)22-19)15-5-3-2-4-6-15/h2-10,13H,11-12H2,1H3,(H2,20,21,22,23). The zero-order valence-electron chi connectivity index (χ0n) is 13.5. The molecule has 5 heteroatoms. The third-order valence-corrected chi connectivity index (χ3v) is 3.68. The highest BCUT2D eigenvalue weighted by atomic mass is 16.5. The Kier molecular flexibility index (Phi) is 4.91. The van der Waals surface area contributed by atoms with Crippen LogP contribution in [-0.4, -0.2) is 23.6 Å². The van der Waals surface area contributed by atoms with Crippen LogP contribution >= 0.6 is 0 Å². The van der Waals surface area contributed by atoms with Crippen LogP contribution in [0.15, 0.2) is 65.5 Å². The fourth-order valence-electron chi connectivity index (χ4n) is 2.42. The van der Waals surface area contributed by atoms with Crippen molar-refractivity contribution in [2.75, 3.05) is 19.0 Å². The van der Waals surface area contributed by atoms with Gasteiger partial charge < -0.3 is 10.1 Å². The van der Waals surface area contributed by atoms with Gasteiger partial charge in [-0.25, -0.2) is 4.98 Å². The average Bonchev–Trinajstić information content (AvgIpc) is 2.63. The molecule has 122 valence electrons. The van der Waals surface area contributed by atoms with E-state index in [9.17, 15) is 4.79 Å². The van der Waals surface area contributed by atoms with E-state index < -0.39 is 0 Å². The molecule has 1 heterocycles. The predicted octanol–water partition coefficient (Wildman–Crippen LogP) is 3.10. The number of anilines is 1. The van der Waals surface area contributed by atoms with Crippen LogP contribution in [0.25, 0.3) is 11.3 Å². The maximum absolute atomic E-state index is 11.8. The number of hydrogen-bond donors (Lipinski definition) is 2. The summed E-state index contributed by atoms with van der Waals surface area (Å²) < 4.78 is 5.15. The molecule has 0 aliphatic heterocycles. The van der Waals surface area contributed by atoms with Crippen LogP contribution in [0.5, 0.6) is 5.75 Å². The largest absolute Gasteiger partial charge is 0.497 e. The van der Waals surface area contributed by atoms with Crippen molar-refractivity contribution in [3.8, 4) is 17.0 Å². The van der Waals surface area contributed by atoms with E-state index in [2.05, 4.69) is 15.3 Å². The lowest BCUT2D eigenvalue weighted by molar-refractivity contribution is 0.414. The Morgan fingerprint density at radius 3 is 2.54 bits per heavy atom. The van der Waals surface area contributed by atoms with Crippen LogP contribution in [0.3, 0.4) is 0 Å². The van der Waals surface area contributed by atoms with Crippen molar-refractivity contribution in [3.05, 3.63) is 76.6 Å². The molecule has 0 aliphatic carbocycles. The Hall–Kier alpha value is -3.08. The molecular formula is C19H19N3O2. The molecule has 0 saturated carbocycles. The van der Waals surface area contributed by atoms with Gasteiger partial charge in [0, 0.05) is 18.2 Å². The van der Waals surface area contributed by atoms with Crippen molar-refractivity contribution in [2.45, 2.75) is 6.42 Å². The Bertz CT molecular complexity index is 842. The molecule has 3 aromatic rings. The number of H-pyrrole nitrogens is 1. The number of aromatic amines is 1. The maximum atomic E-state index is 11.8. The SMILES string of the molecule is COc1ccc(CCNc2nc(-c3ccccc3)cc(=O)[nH]2)cc1. The number of benzene rings is 2. The Labute approximate surface area is 140 Å². The van der Waals surface area contributed by atoms with Gasteiger partial charge in [-0.15, -0.1) is 0 Å². The van der Waals surface area contributed by atoms with E-state index in [0.717, 1.165) is 17.7 Å². The minimum absolute atomic E-state index is 0.171. The zero-order chi connectivity index (χ0) is 16.8. The van der Waals surface area contributed by atoms with Gasteiger partial charge in [-0.3, -0.25) is 9.78 Å². The van der Waals surface area contributed by atoms with Crippen molar-refractivity contribution < 1.29 is 4.74 Å². The summed E-state index contributed by atoms with van der Waals surface area (Å²) in [6.45, 7) is 0.674. The van der Waals surface area contributed by atoms with Crippen molar-refractivity contribution in [2.24, 2.45) is 0 Å². The minimum atomic E-state index is -0.171. The smallest absolute Gasteiger partial charge is 0.252 e. The number of ether oxygens (including phenoxy) is 1. The summed E-state index contributed by atoms with van der Waals surface area (Å²) in [5.41, 5.74) is 2.59. The van der Waals surface area contributed by atoms with E-state index in [1.807, 2.05) is 54.6 Å². The molecule has 1 aromatic heterocycles. The number of hydrogen-bond acceptors (Lipinski definition) is 4. The van der Waals surface area contributed by atoms with E-state index in [1.165, 1.54) is 11.6 Å². The highest BCUT2D eigenvalue weighted by Crippen LogP contribution is 2.15. The van der Waals surface area contributed by atoms with Gasteiger partial charge in [-0.2, -0.15) is 0 Å². The van der Waals surface area contributed by atoms with Crippen LogP contribution < -0.4 is 15.6 Å². The lowest BCUT2D eigenvalue weighted by Gasteiger charge is -2.08. The molecule has 0 aliphatic rings. The molecule has 0 saturated heterocycles. The van der Waals surface area contributed by atoms with Crippen LogP contribution in [0.4, 0.5) is 5.95 Å². The molecule has 2 N–H and O–H groups in total. The molecule has 2 aromatic carbocycles. The lowest BCUT2D eigenvalue weighted by atomic mass is 10.1.